The maximum atomic E-state index is 10.3. The van der Waals surface area contributed by atoms with Crippen LogP contribution in [0.4, 0.5) is 0 Å². The van der Waals surface area contributed by atoms with Crippen molar-refractivity contribution < 1.29 is 40.0 Å². The smallest absolute Gasteiger partial charge is 0.737 e. The Morgan fingerprint density at radius 3 is 1.82 bits per heavy atom. The van der Waals surface area contributed by atoms with Gasteiger partial charge < -0.3 is 15.9 Å². The summed E-state index contributed by atoms with van der Waals surface area (Å²) in [5.41, 5.74) is 0. The molecule has 0 atom stereocenters. The molecule has 0 saturated heterocycles. The standard InChI is InChI=1S/C4H11N3O2.Na.H2O/c1-3-6(4-2)7(9)5-8;;/h8H,3-4H2,1-2H3;;1H2/q;+1;/p-1. The molecule has 0 aliphatic carbocycles. The Kier molecular flexibility index (Phi) is 15.5. The molecule has 0 radical (unpaired) electrons. The van der Waals surface area contributed by atoms with Gasteiger partial charge in [0.25, 0.3) is 0 Å². The van der Waals surface area contributed by atoms with E-state index in [1.54, 1.807) is 13.8 Å². The van der Waals surface area contributed by atoms with Crippen LogP contribution in [0.2, 0.25) is 0 Å². The van der Waals surface area contributed by atoms with E-state index in [4.69, 9.17) is 0 Å². The quantitative estimate of drug-likeness (QED) is 0.195. The average molecular weight is 173 g/mol. The Morgan fingerprint density at radius 2 is 1.73 bits per heavy atom. The normalized spacial score (nSPS) is 9.45. The molecule has 0 rings (SSSR count). The fourth-order valence-electron chi connectivity index (χ4n) is 0.517. The van der Waals surface area contributed by atoms with Crippen LogP contribution in [-0.4, -0.2) is 28.5 Å². The van der Waals surface area contributed by atoms with Crippen molar-refractivity contribution in [1.29, 1.82) is 0 Å². The van der Waals surface area contributed by atoms with Crippen molar-refractivity contribution in [2.75, 3.05) is 13.1 Å². The first-order valence-electron chi connectivity index (χ1n) is 2.81. The summed E-state index contributed by atoms with van der Waals surface area (Å²) in [7, 11) is 0. The molecule has 0 unspecified atom stereocenters. The van der Waals surface area contributed by atoms with Crippen molar-refractivity contribution in [2.45, 2.75) is 13.8 Å². The van der Waals surface area contributed by atoms with E-state index in [2.05, 4.69) is 5.28 Å². The van der Waals surface area contributed by atoms with Crippen molar-refractivity contribution >= 4 is 0 Å². The molecule has 0 aliphatic heterocycles. The molecular formula is C4H12N3NaO3. The van der Waals surface area contributed by atoms with Crippen molar-refractivity contribution in [3.05, 3.63) is 10.4 Å². The van der Waals surface area contributed by atoms with Gasteiger partial charge in [0.05, 0.1) is 13.1 Å². The van der Waals surface area contributed by atoms with Crippen LogP contribution in [0.25, 0.3) is 0 Å². The van der Waals surface area contributed by atoms with Crippen LogP contribution in [0.3, 0.4) is 0 Å². The van der Waals surface area contributed by atoms with E-state index >= 15 is 0 Å². The minimum absolute atomic E-state index is 0. The van der Waals surface area contributed by atoms with Crippen LogP contribution in [-0.2, 0) is 0 Å². The molecule has 0 bridgehead atoms. The average Bonchev–Trinajstić information content (AvgIpc) is 1.90. The second-order valence-electron chi connectivity index (χ2n) is 1.47. The molecule has 0 fully saturated rings. The first-order valence-corrected chi connectivity index (χ1v) is 2.81. The SMILES string of the molecule is CCN(CC)[N+]([O-])=N[O-].O.[Na+]. The topological polar surface area (TPSA) is 96.2 Å². The number of nitrogens with zero attached hydrogens (tertiary/aromatic N) is 3. The zero-order chi connectivity index (χ0) is 7.28. The van der Waals surface area contributed by atoms with Gasteiger partial charge in [0.1, 0.15) is 0 Å². The molecule has 62 valence electrons. The van der Waals surface area contributed by atoms with Crippen LogP contribution >= 0.6 is 0 Å². The van der Waals surface area contributed by atoms with Gasteiger partial charge in [-0.25, -0.2) is 0 Å². The summed E-state index contributed by atoms with van der Waals surface area (Å²) in [4.78, 5) is 0.0556. The third-order valence-electron chi connectivity index (χ3n) is 1.04. The Hall–Kier alpha value is -0.0400. The number of hydrogen-bond donors (Lipinski definition) is 0. The van der Waals surface area contributed by atoms with Crippen LogP contribution < -0.4 is 29.6 Å². The molecule has 0 saturated carbocycles. The van der Waals surface area contributed by atoms with E-state index in [0.717, 1.165) is 0 Å². The molecule has 2 N–H and O–H groups in total. The third-order valence-corrected chi connectivity index (χ3v) is 1.04. The third kappa shape index (κ3) is 6.36. The molecule has 7 heteroatoms. The molecule has 0 aliphatic rings. The molecule has 0 aromatic carbocycles. The summed E-state index contributed by atoms with van der Waals surface area (Å²) in [5, 5.41) is 23.4. The summed E-state index contributed by atoms with van der Waals surface area (Å²) in [6.07, 6.45) is 0. The minimum atomic E-state index is 0. The zero-order valence-corrected chi connectivity index (χ0v) is 9.07. The van der Waals surface area contributed by atoms with Gasteiger partial charge in [-0.2, -0.15) is 5.01 Å². The fraction of sp³-hybridized carbons (Fsp3) is 1.00. The van der Waals surface area contributed by atoms with E-state index < -0.39 is 0 Å². The largest absolute Gasteiger partial charge is 1.00 e. The van der Waals surface area contributed by atoms with E-state index in [1.165, 1.54) is 5.01 Å². The Bertz CT molecular complexity index is 107. The van der Waals surface area contributed by atoms with E-state index in [9.17, 15) is 10.4 Å². The van der Waals surface area contributed by atoms with Gasteiger partial charge in [-0.05, 0) is 19.1 Å². The predicted octanol–water partition coefficient (Wildman–Crippen LogP) is -3.12. The fourth-order valence-corrected chi connectivity index (χ4v) is 0.517. The first kappa shape index (κ1) is 17.2. The van der Waals surface area contributed by atoms with E-state index in [-0.39, 0.29) is 40.0 Å². The monoisotopic (exact) mass is 173 g/mol. The predicted molar refractivity (Wildman–Crippen MR) is 36.0 cm³/mol. The molecule has 0 amide bonds. The van der Waals surface area contributed by atoms with E-state index in [1.807, 2.05) is 0 Å². The first-order chi connectivity index (χ1) is 4.26. The summed E-state index contributed by atoms with van der Waals surface area (Å²) < 4.78 is 0. The maximum absolute atomic E-state index is 10.3. The Morgan fingerprint density at radius 1 is 1.36 bits per heavy atom. The van der Waals surface area contributed by atoms with Crippen molar-refractivity contribution in [1.82, 2.24) is 5.01 Å². The Balaban J connectivity index is -0.000000320. The van der Waals surface area contributed by atoms with Gasteiger partial charge in [0.15, 0.2) is 0 Å². The summed E-state index contributed by atoms with van der Waals surface area (Å²) in [6.45, 7) is 4.57. The van der Waals surface area contributed by atoms with Crippen molar-refractivity contribution in [3.63, 3.8) is 0 Å². The number of hydrazine groups is 1. The minimum Gasteiger partial charge on any atom is -0.737 e. The van der Waals surface area contributed by atoms with Gasteiger partial charge in [-0.1, -0.05) is 0 Å². The Labute approximate surface area is 87.6 Å². The van der Waals surface area contributed by atoms with Gasteiger partial charge in [-0.3, -0.25) is 0 Å². The molecule has 0 aromatic heterocycles. The molecule has 11 heavy (non-hydrogen) atoms. The van der Waals surface area contributed by atoms with Crippen LogP contribution in [0.1, 0.15) is 13.8 Å². The molecule has 0 aromatic rings. The van der Waals surface area contributed by atoms with Crippen LogP contribution in [0.5, 0.6) is 0 Å². The second kappa shape index (κ2) is 9.96. The number of rotatable bonds is 3. The maximum Gasteiger partial charge on any atom is 1.00 e. The molecule has 6 nitrogen and oxygen atoms in total. The summed E-state index contributed by atoms with van der Waals surface area (Å²) >= 11 is 0. The van der Waals surface area contributed by atoms with Crippen molar-refractivity contribution in [2.24, 2.45) is 5.28 Å². The van der Waals surface area contributed by atoms with Crippen molar-refractivity contribution in [3.8, 4) is 0 Å². The molecule has 0 spiro atoms. The second-order valence-corrected chi connectivity index (χ2v) is 1.47. The zero-order valence-electron chi connectivity index (χ0n) is 7.07. The summed E-state index contributed by atoms with van der Waals surface area (Å²) in [5.74, 6) is 0. The molecule has 0 heterocycles. The van der Waals surface area contributed by atoms with Crippen LogP contribution in [0, 0.1) is 10.4 Å². The molecular weight excluding hydrogens is 161 g/mol. The van der Waals surface area contributed by atoms with Gasteiger partial charge >= 0.3 is 29.6 Å². The van der Waals surface area contributed by atoms with Gasteiger partial charge in [0, 0.05) is 4.97 Å². The number of hydrogen-bond acceptors (Lipinski definition) is 3. The van der Waals surface area contributed by atoms with E-state index in [0.29, 0.717) is 13.1 Å². The summed E-state index contributed by atoms with van der Waals surface area (Å²) in [6, 6.07) is 0. The van der Waals surface area contributed by atoms with Gasteiger partial charge in [0.2, 0.25) is 0 Å². The van der Waals surface area contributed by atoms with Crippen LogP contribution in [0.15, 0.2) is 5.28 Å². The van der Waals surface area contributed by atoms with Gasteiger partial charge in [-0.15, -0.1) is 0 Å².